The third-order valence-electron chi connectivity index (χ3n) is 17.5. The molecule has 2 unspecified atom stereocenters. The highest BCUT2D eigenvalue weighted by Gasteiger charge is 2.63. The van der Waals surface area contributed by atoms with Gasteiger partial charge in [-0.1, -0.05) is 115 Å². The van der Waals surface area contributed by atoms with Gasteiger partial charge in [-0.2, -0.15) is 0 Å². The van der Waals surface area contributed by atoms with E-state index in [1.54, 1.807) is 40.0 Å². The summed E-state index contributed by atoms with van der Waals surface area (Å²) in [6.45, 7) is 7.26. The summed E-state index contributed by atoms with van der Waals surface area (Å²) in [7, 11) is 1.56. The minimum absolute atomic E-state index is 0.0728. The zero-order valence-electron chi connectivity index (χ0n) is 47.4. The van der Waals surface area contributed by atoms with Crippen molar-refractivity contribution >= 4 is 68.9 Å². The maximum absolute atomic E-state index is 18.0. The summed E-state index contributed by atoms with van der Waals surface area (Å²) in [6.07, 6.45) is 3.18. The number of amides is 5. The highest BCUT2D eigenvalue weighted by atomic mass is 19.1. The summed E-state index contributed by atoms with van der Waals surface area (Å²) in [5, 5.41) is 0.904. The normalized spacial score (nSPS) is 20.6. The molecule has 3 aliphatic heterocycles. The van der Waals surface area contributed by atoms with Crippen LogP contribution in [-0.4, -0.2) is 71.3 Å². The van der Waals surface area contributed by atoms with Crippen molar-refractivity contribution in [1.29, 1.82) is 0 Å². The highest BCUT2D eigenvalue weighted by Crippen LogP contribution is 2.57. The molecule has 0 fully saturated rings. The van der Waals surface area contributed by atoms with Crippen molar-refractivity contribution < 1.29 is 37.5 Å². The van der Waals surface area contributed by atoms with Crippen molar-refractivity contribution in [3.05, 3.63) is 246 Å². The number of hydrogen-bond acceptors (Lipinski definition) is 9. The predicted molar refractivity (Wildman–Crippen MR) is 323 cm³/mol. The molecule has 0 spiro atoms. The summed E-state index contributed by atoms with van der Waals surface area (Å²) in [5.41, 5.74) is 6.14. The average molecular weight is 1120 g/mol. The Balaban J connectivity index is 1.09. The van der Waals surface area contributed by atoms with Crippen LogP contribution in [0.3, 0.4) is 0 Å². The van der Waals surface area contributed by atoms with Crippen LogP contribution in [0.15, 0.2) is 205 Å². The van der Waals surface area contributed by atoms with Crippen LogP contribution in [0, 0.1) is 5.82 Å². The second kappa shape index (κ2) is 22.5. The molecule has 3 aromatic heterocycles. The number of furan rings is 1. The second-order valence-corrected chi connectivity index (χ2v) is 22.4. The molecule has 15 heteroatoms. The van der Waals surface area contributed by atoms with Gasteiger partial charge in [0.05, 0.1) is 41.3 Å². The summed E-state index contributed by atoms with van der Waals surface area (Å²) in [6, 6.07) is 54.3. The van der Waals surface area contributed by atoms with Gasteiger partial charge in [0.25, 0.3) is 17.7 Å². The van der Waals surface area contributed by atoms with Crippen molar-refractivity contribution in [2.75, 3.05) is 28.4 Å². The average Bonchev–Trinajstić information content (AvgIpc) is 1.03. The minimum atomic E-state index is -0.741. The number of para-hydroxylation sites is 6. The molecule has 0 saturated carbocycles. The van der Waals surface area contributed by atoms with E-state index >= 15 is 19.2 Å². The lowest BCUT2D eigenvalue weighted by atomic mass is 9.81. The van der Waals surface area contributed by atoms with Gasteiger partial charge >= 0.3 is 11.8 Å². The molecule has 8 atom stereocenters. The molecule has 0 radical (unpaired) electrons. The van der Waals surface area contributed by atoms with Gasteiger partial charge in [-0.15, -0.1) is 0 Å². The van der Waals surface area contributed by atoms with Gasteiger partial charge in [-0.3, -0.25) is 19.4 Å². The number of quaternary nitrogens is 2. The molecule has 6 aromatic carbocycles. The molecule has 14 nitrogen and oxygen atoms in total. The molecule has 6 heterocycles. The number of carbonyl (C=O) groups excluding carboxylic acids is 5. The van der Waals surface area contributed by atoms with Gasteiger partial charge in [-0.25, -0.2) is 27.9 Å². The molecule has 0 aliphatic carbocycles. The third kappa shape index (κ3) is 9.28. The Morgan fingerprint density at radius 3 is 1.67 bits per heavy atom. The number of benzene rings is 6. The van der Waals surface area contributed by atoms with E-state index in [1.165, 1.54) is 19.2 Å². The van der Waals surface area contributed by atoms with E-state index in [2.05, 4.69) is 4.98 Å². The number of rotatable bonds is 12. The number of carbonyl (C=O) groups is 5. The van der Waals surface area contributed by atoms with Crippen molar-refractivity contribution in [3.8, 4) is 0 Å². The van der Waals surface area contributed by atoms with Gasteiger partial charge in [0.2, 0.25) is 6.54 Å². The molecular weight excluding hydrogens is 1060 g/mol. The van der Waals surface area contributed by atoms with Gasteiger partial charge in [0.15, 0.2) is 5.76 Å². The molecular formula is C69H64FN7O7+2. The maximum atomic E-state index is 18.0. The lowest BCUT2D eigenvalue weighted by Crippen LogP contribution is -2.69. The highest BCUT2D eigenvalue weighted by molar-refractivity contribution is 6.10. The molecule has 422 valence electrons. The van der Waals surface area contributed by atoms with Crippen LogP contribution in [0.4, 0.5) is 32.8 Å². The zero-order valence-corrected chi connectivity index (χ0v) is 47.4. The van der Waals surface area contributed by atoms with E-state index in [1.807, 2.05) is 185 Å². The Morgan fingerprint density at radius 2 is 1.08 bits per heavy atom. The summed E-state index contributed by atoms with van der Waals surface area (Å²) in [4.78, 5) is 92.8. The summed E-state index contributed by atoms with van der Waals surface area (Å²) < 4.78 is 25.4. The number of ether oxygens (including phenoxy) is 1. The first-order chi connectivity index (χ1) is 40.8. The first kappa shape index (κ1) is 55.3. The van der Waals surface area contributed by atoms with Crippen LogP contribution in [0.2, 0.25) is 0 Å². The lowest BCUT2D eigenvalue weighted by Gasteiger charge is -2.55. The minimum Gasteiger partial charge on any atom is -0.453 e. The quantitative estimate of drug-likeness (QED) is 0.109. The predicted octanol–water partition coefficient (Wildman–Crippen LogP) is 13.4. The standard InChI is InChI=1S/C69H64FN7O7/c1-44-36-62(54-25-13-17-29-59(54)73(44)67(80)49-39-50(70)41-71-40-49)76(47(4)78,51-21-8-6-9-22-51)42-66(79)77(52-23-10-7-11-24-52,64-38-46(3)75(61-31-19-15-27-56(61)64)69(82)65-35-33-53(84-65)43-83-5)63-37-45(2)74(60-30-18-14-26-55(60)63)68(81)58-34-32-48-20-12-16-28-57(48)72-58/h6-35,39-41,44-46,62-64H,36-38,42-43H2,1-5H3/q+2/t44-,45-,46-,62+,63+,64+,76?,77?/m1/s1. The molecule has 0 N–H and O–H groups in total. The van der Waals surface area contributed by atoms with Gasteiger partial charge in [-0.05, 0) is 93.6 Å². The number of nitrogens with zero attached hydrogens (tertiary/aromatic N) is 7. The second-order valence-electron chi connectivity index (χ2n) is 22.4. The number of hydrogen-bond donors (Lipinski definition) is 0. The van der Waals surface area contributed by atoms with Crippen LogP contribution < -0.4 is 23.7 Å². The van der Waals surface area contributed by atoms with E-state index in [-0.39, 0.29) is 77.5 Å². The van der Waals surface area contributed by atoms with E-state index < -0.39 is 52.5 Å². The van der Waals surface area contributed by atoms with Crippen LogP contribution >= 0.6 is 0 Å². The Morgan fingerprint density at radius 1 is 0.571 bits per heavy atom. The number of halogens is 1. The molecule has 0 saturated heterocycles. The first-order valence-electron chi connectivity index (χ1n) is 28.5. The fourth-order valence-electron chi connectivity index (χ4n) is 13.9. The van der Waals surface area contributed by atoms with E-state index in [9.17, 15) is 9.18 Å². The van der Waals surface area contributed by atoms with Crippen molar-refractivity contribution in [3.63, 3.8) is 0 Å². The molecule has 9 aromatic rings. The number of aromatic nitrogens is 2. The van der Waals surface area contributed by atoms with Gasteiger partial charge in [0, 0.05) is 72.8 Å². The van der Waals surface area contributed by atoms with E-state index in [4.69, 9.17) is 14.1 Å². The summed E-state index contributed by atoms with van der Waals surface area (Å²) in [5.74, 6) is -1.70. The molecule has 0 bridgehead atoms. The topological polar surface area (TPSA) is 143 Å². The number of fused-ring (bicyclic) bond motifs is 4. The fraction of sp³-hybridized carbons (Fsp3) is 0.232. The lowest BCUT2D eigenvalue weighted by molar-refractivity contribution is -0.144. The van der Waals surface area contributed by atoms with Crippen LogP contribution in [0.5, 0.6) is 0 Å². The third-order valence-corrected chi connectivity index (χ3v) is 17.5. The Labute approximate surface area is 487 Å². The maximum Gasteiger partial charge on any atom is 0.375 e. The van der Waals surface area contributed by atoms with E-state index in [0.29, 0.717) is 45.3 Å². The molecule has 84 heavy (non-hydrogen) atoms. The van der Waals surface area contributed by atoms with Gasteiger partial charge in [0.1, 0.15) is 53.4 Å². The largest absolute Gasteiger partial charge is 0.453 e. The van der Waals surface area contributed by atoms with Crippen molar-refractivity contribution in [2.45, 2.75) is 89.8 Å². The summed E-state index contributed by atoms with van der Waals surface area (Å²) >= 11 is 0. The van der Waals surface area contributed by atoms with Crippen LogP contribution in [-0.2, 0) is 20.9 Å². The van der Waals surface area contributed by atoms with E-state index in [0.717, 1.165) is 22.7 Å². The number of methoxy groups -OCH3 is 1. The molecule has 12 rings (SSSR count). The number of pyridine rings is 2. The number of anilines is 3. The Bertz CT molecular complexity index is 4010. The van der Waals surface area contributed by atoms with Crippen molar-refractivity contribution in [2.24, 2.45) is 0 Å². The van der Waals surface area contributed by atoms with Crippen molar-refractivity contribution in [1.82, 2.24) is 18.9 Å². The molecule has 5 amide bonds. The molecule has 3 aliphatic rings. The van der Waals surface area contributed by atoms with Crippen LogP contribution in [0.1, 0.15) is 119 Å². The Hall–Kier alpha value is -9.28. The zero-order chi connectivity index (χ0) is 58.4. The Kier molecular flexibility index (Phi) is 14.8. The monoisotopic (exact) mass is 1120 g/mol. The fourth-order valence-corrected chi connectivity index (χ4v) is 13.9. The smallest absolute Gasteiger partial charge is 0.375 e. The SMILES string of the molecule is COCc1ccc(C(=O)N2c3ccccc3[C@@H]([N+](C(=O)C[N+](C(C)=O)(c3ccccc3)[C@H]3C[C@@H](C)N(C(=O)c4cncc(F)c4)c4ccccc43)(c3ccccc3)[C@H]3C[C@@H](C)N(C(=O)c4ccc5ccccc5n4)c4ccccc43)C[C@H]2C)o1. The van der Waals surface area contributed by atoms with Gasteiger partial charge < -0.3 is 23.9 Å². The van der Waals surface area contributed by atoms with Crippen LogP contribution in [0.25, 0.3) is 10.9 Å². The first-order valence-corrected chi connectivity index (χ1v) is 28.5.